The molecule has 0 saturated heterocycles. The summed E-state index contributed by atoms with van der Waals surface area (Å²) in [5.74, 6) is 0. The molecule has 2 aromatic rings. The molecule has 1 aromatic heterocycles. The van der Waals surface area contributed by atoms with E-state index in [1.54, 1.807) is 0 Å². The number of fused-ring (bicyclic) bond motifs is 1. The van der Waals surface area contributed by atoms with Crippen LogP contribution in [-0.4, -0.2) is 12.0 Å². The van der Waals surface area contributed by atoms with E-state index >= 15 is 0 Å². The normalized spacial score (nSPS) is 13.8. The molecule has 0 amide bonds. The molecule has 2 nitrogen and oxygen atoms in total. The number of rotatable bonds is 4. The third-order valence-electron chi connectivity index (χ3n) is 3.96. The summed E-state index contributed by atoms with van der Waals surface area (Å²) in [5, 5.41) is 4.67. The molecule has 96 valence electrons. The Kier molecular flexibility index (Phi) is 3.67. The number of benzene rings is 1. The predicted molar refractivity (Wildman–Crippen MR) is 77.6 cm³/mol. The largest absolute Gasteiger partial charge is 0.312 e. The second-order valence-corrected chi connectivity index (χ2v) is 5.49. The van der Waals surface area contributed by atoms with Gasteiger partial charge >= 0.3 is 0 Å². The lowest BCUT2D eigenvalue weighted by Crippen LogP contribution is -2.31. The molecule has 0 bridgehead atoms. The van der Waals surface area contributed by atoms with Gasteiger partial charge in [0.1, 0.15) is 0 Å². The highest BCUT2D eigenvalue weighted by Crippen LogP contribution is 2.38. The minimum Gasteiger partial charge on any atom is -0.312 e. The second-order valence-electron chi connectivity index (χ2n) is 5.49. The summed E-state index contributed by atoms with van der Waals surface area (Å²) in [7, 11) is 2.03. The van der Waals surface area contributed by atoms with Gasteiger partial charge in [0.15, 0.2) is 0 Å². The van der Waals surface area contributed by atoms with Crippen LogP contribution in [0.1, 0.15) is 38.8 Å². The van der Waals surface area contributed by atoms with Crippen molar-refractivity contribution in [2.75, 3.05) is 7.05 Å². The number of nitrogens with one attached hydrogen (secondary N) is 1. The van der Waals surface area contributed by atoms with Crippen LogP contribution in [0.5, 0.6) is 0 Å². The van der Waals surface area contributed by atoms with Crippen LogP contribution in [0.25, 0.3) is 10.9 Å². The smallest absolute Gasteiger partial charge is 0.0749 e. The van der Waals surface area contributed by atoms with E-state index in [1.165, 1.54) is 10.9 Å². The van der Waals surface area contributed by atoms with Crippen molar-refractivity contribution in [1.82, 2.24) is 10.3 Å². The van der Waals surface area contributed by atoms with Gasteiger partial charge in [-0.1, -0.05) is 45.0 Å². The lowest BCUT2D eigenvalue weighted by molar-refractivity contribution is 0.246. The van der Waals surface area contributed by atoms with Crippen LogP contribution in [0.4, 0.5) is 0 Å². The highest BCUT2D eigenvalue weighted by Gasteiger charge is 2.29. The minimum absolute atomic E-state index is 0.209. The van der Waals surface area contributed by atoms with E-state index in [4.69, 9.17) is 0 Å². The summed E-state index contributed by atoms with van der Waals surface area (Å²) in [4.78, 5) is 4.56. The highest BCUT2D eigenvalue weighted by atomic mass is 14.9. The SMILES string of the molecule is CCC(C)(C)C(NC)c1cccc2cccnc12. The first kappa shape index (κ1) is 13.0. The lowest BCUT2D eigenvalue weighted by Gasteiger charge is -2.34. The summed E-state index contributed by atoms with van der Waals surface area (Å²) in [6.45, 7) is 6.84. The van der Waals surface area contributed by atoms with Crippen molar-refractivity contribution >= 4 is 10.9 Å². The Morgan fingerprint density at radius 2 is 1.94 bits per heavy atom. The molecule has 18 heavy (non-hydrogen) atoms. The molecule has 0 spiro atoms. The van der Waals surface area contributed by atoms with E-state index in [0.717, 1.165) is 11.9 Å². The van der Waals surface area contributed by atoms with Gasteiger partial charge in [0, 0.05) is 17.6 Å². The maximum Gasteiger partial charge on any atom is 0.0749 e. The molecule has 1 unspecified atom stereocenters. The van der Waals surface area contributed by atoms with Crippen molar-refractivity contribution in [3.8, 4) is 0 Å². The van der Waals surface area contributed by atoms with Crippen molar-refractivity contribution in [1.29, 1.82) is 0 Å². The second kappa shape index (κ2) is 5.07. The molecule has 0 saturated carbocycles. The molecule has 1 N–H and O–H groups in total. The summed E-state index contributed by atoms with van der Waals surface area (Å²) in [6, 6.07) is 10.9. The third kappa shape index (κ3) is 2.25. The zero-order valence-corrected chi connectivity index (χ0v) is 11.7. The quantitative estimate of drug-likeness (QED) is 0.878. The topological polar surface area (TPSA) is 24.9 Å². The van der Waals surface area contributed by atoms with E-state index < -0.39 is 0 Å². The Balaban J connectivity index is 2.59. The molecule has 2 rings (SSSR count). The first-order valence-electron chi connectivity index (χ1n) is 6.61. The van der Waals surface area contributed by atoms with Gasteiger partial charge < -0.3 is 5.32 Å². The fourth-order valence-corrected chi connectivity index (χ4v) is 2.53. The van der Waals surface area contributed by atoms with Gasteiger partial charge in [0.05, 0.1) is 5.52 Å². The molecule has 0 aliphatic heterocycles. The van der Waals surface area contributed by atoms with Gasteiger partial charge in [-0.15, -0.1) is 0 Å². The van der Waals surface area contributed by atoms with Crippen molar-refractivity contribution in [3.63, 3.8) is 0 Å². The number of hydrogen-bond acceptors (Lipinski definition) is 2. The molecule has 1 atom stereocenters. The Morgan fingerprint density at radius 1 is 1.22 bits per heavy atom. The maximum absolute atomic E-state index is 4.56. The van der Waals surface area contributed by atoms with Gasteiger partial charge in [-0.2, -0.15) is 0 Å². The van der Waals surface area contributed by atoms with Crippen LogP contribution in [0.15, 0.2) is 36.5 Å². The molecule has 1 aromatic carbocycles. The molecular formula is C16H22N2. The lowest BCUT2D eigenvalue weighted by atomic mass is 9.78. The molecule has 1 heterocycles. The monoisotopic (exact) mass is 242 g/mol. The Bertz CT molecular complexity index is 526. The fraction of sp³-hybridized carbons (Fsp3) is 0.438. The number of nitrogens with zero attached hydrogens (tertiary/aromatic N) is 1. The standard InChI is InChI=1S/C16H22N2/c1-5-16(2,3)15(17-4)13-10-6-8-12-9-7-11-18-14(12)13/h6-11,15,17H,5H2,1-4H3. The minimum atomic E-state index is 0.209. The van der Waals surface area contributed by atoms with Crippen molar-refractivity contribution in [3.05, 3.63) is 42.1 Å². The molecule has 2 heteroatoms. The van der Waals surface area contributed by atoms with Crippen molar-refractivity contribution in [2.24, 2.45) is 5.41 Å². The first-order chi connectivity index (χ1) is 8.60. The van der Waals surface area contributed by atoms with Crippen LogP contribution < -0.4 is 5.32 Å². The number of para-hydroxylation sites is 1. The van der Waals surface area contributed by atoms with Crippen molar-refractivity contribution in [2.45, 2.75) is 33.2 Å². The van der Waals surface area contributed by atoms with Gasteiger partial charge in [-0.05, 0) is 30.5 Å². The summed E-state index contributed by atoms with van der Waals surface area (Å²) in [6.07, 6.45) is 3.00. The van der Waals surface area contributed by atoms with Crippen molar-refractivity contribution < 1.29 is 0 Å². The maximum atomic E-state index is 4.56. The van der Waals surface area contributed by atoms with Gasteiger partial charge in [-0.25, -0.2) is 0 Å². The molecule has 0 aliphatic rings. The Morgan fingerprint density at radius 3 is 2.61 bits per heavy atom. The van der Waals surface area contributed by atoms with Gasteiger partial charge in [0.2, 0.25) is 0 Å². The van der Waals surface area contributed by atoms with E-state index in [9.17, 15) is 0 Å². The van der Waals surface area contributed by atoms with Crippen LogP contribution in [-0.2, 0) is 0 Å². The molecule has 0 aliphatic carbocycles. The van der Waals surface area contributed by atoms with E-state index in [2.05, 4.69) is 55.3 Å². The number of hydrogen-bond donors (Lipinski definition) is 1. The average molecular weight is 242 g/mol. The molecule has 0 radical (unpaired) electrons. The highest BCUT2D eigenvalue weighted by molar-refractivity contribution is 5.82. The molecule has 0 fully saturated rings. The van der Waals surface area contributed by atoms with E-state index in [1.807, 2.05) is 19.3 Å². The van der Waals surface area contributed by atoms with Crippen LogP contribution >= 0.6 is 0 Å². The predicted octanol–water partition coefficient (Wildman–Crippen LogP) is 3.93. The summed E-state index contributed by atoms with van der Waals surface area (Å²) < 4.78 is 0. The first-order valence-corrected chi connectivity index (χ1v) is 6.61. The number of pyridine rings is 1. The summed E-state index contributed by atoms with van der Waals surface area (Å²) >= 11 is 0. The fourth-order valence-electron chi connectivity index (χ4n) is 2.53. The third-order valence-corrected chi connectivity index (χ3v) is 3.96. The molecular weight excluding hydrogens is 220 g/mol. The van der Waals surface area contributed by atoms with Crippen LogP contribution in [0.3, 0.4) is 0 Å². The van der Waals surface area contributed by atoms with Gasteiger partial charge in [0.25, 0.3) is 0 Å². The summed E-state index contributed by atoms with van der Waals surface area (Å²) in [5.41, 5.74) is 2.61. The van der Waals surface area contributed by atoms with E-state index in [-0.39, 0.29) is 5.41 Å². The van der Waals surface area contributed by atoms with Crippen LogP contribution in [0.2, 0.25) is 0 Å². The van der Waals surface area contributed by atoms with Crippen LogP contribution in [0, 0.1) is 5.41 Å². The average Bonchev–Trinajstić information content (AvgIpc) is 2.39. The Labute approximate surface area is 109 Å². The zero-order chi connectivity index (χ0) is 13.2. The Hall–Kier alpha value is -1.41. The van der Waals surface area contributed by atoms with Gasteiger partial charge in [-0.3, -0.25) is 4.98 Å². The zero-order valence-electron chi connectivity index (χ0n) is 11.7. The van der Waals surface area contributed by atoms with E-state index in [0.29, 0.717) is 6.04 Å². The number of aromatic nitrogens is 1.